The number of rotatable bonds is 6. The van der Waals surface area contributed by atoms with Crippen molar-refractivity contribution >= 4 is 43.6 Å². The van der Waals surface area contributed by atoms with Gasteiger partial charge in [-0.15, -0.1) is 0 Å². The molecule has 2 heterocycles. The summed E-state index contributed by atoms with van der Waals surface area (Å²) in [6.07, 6.45) is 0.469. The molecule has 3 aromatic rings. The number of amides is 2. The Bertz CT molecular complexity index is 1480. The molecule has 0 radical (unpaired) electrons. The van der Waals surface area contributed by atoms with E-state index < -0.39 is 22.0 Å². The number of thiazole rings is 1. The van der Waals surface area contributed by atoms with Gasteiger partial charge in [0.2, 0.25) is 10.0 Å². The van der Waals surface area contributed by atoms with Gasteiger partial charge < -0.3 is 14.2 Å². The quantitative estimate of drug-likeness (QED) is 0.468. The Hall–Kier alpha value is -3.02. The number of aromatic nitrogens is 1. The number of carbonyl (C=O) groups excluding carboxylic acids is 2. The minimum atomic E-state index is -3.75. The van der Waals surface area contributed by atoms with E-state index in [2.05, 4.69) is 42.5 Å². The summed E-state index contributed by atoms with van der Waals surface area (Å²) in [6, 6.07) is 10.1. The maximum Gasteiger partial charge on any atom is 0.409 e. The Labute approximate surface area is 221 Å². The molecule has 0 spiro atoms. The largest absolute Gasteiger partial charge is 0.450 e. The molecule has 37 heavy (non-hydrogen) atoms. The molecule has 1 aliphatic heterocycles. The summed E-state index contributed by atoms with van der Waals surface area (Å²) in [7, 11) is -3.75. The first kappa shape index (κ1) is 27.0. The number of hydrogen-bond acceptors (Lipinski definition) is 6. The van der Waals surface area contributed by atoms with Gasteiger partial charge in [0.15, 0.2) is 4.80 Å². The molecule has 1 aliphatic rings. The van der Waals surface area contributed by atoms with Crippen LogP contribution in [0.15, 0.2) is 46.3 Å². The predicted octanol–water partition coefficient (Wildman–Crippen LogP) is 3.93. The van der Waals surface area contributed by atoms with Crippen molar-refractivity contribution in [2.75, 3.05) is 32.8 Å². The standard InChI is InChI=1S/C26H32N4O5S2/c1-5-11-30-22-17-18(3)16-19(4)23(22)36-25(30)27-24(31)20-7-9-21(10-8-20)37(33,34)29-14-12-28(13-15-29)26(32)35-6-2/h7-10,16-17H,5-6,11-15H2,1-4H3. The summed E-state index contributed by atoms with van der Waals surface area (Å²) in [4.78, 5) is 31.6. The molecule has 0 saturated carbocycles. The minimum Gasteiger partial charge on any atom is -0.450 e. The fourth-order valence-electron chi connectivity index (χ4n) is 4.43. The van der Waals surface area contributed by atoms with Gasteiger partial charge in [-0.25, -0.2) is 13.2 Å². The number of aryl methyl sites for hydroxylation is 3. The number of nitrogens with zero attached hydrogens (tertiary/aromatic N) is 4. The molecule has 0 unspecified atom stereocenters. The molecule has 1 fully saturated rings. The van der Waals surface area contributed by atoms with Crippen LogP contribution in [0, 0.1) is 13.8 Å². The van der Waals surface area contributed by atoms with Crippen molar-refractivity contribution in [3.05, 3.63) is 57.9 Å². The van der Waals surface area contributed by atoms with Crippen molar-refractivity contribution in [1.29, 1.82) is 0 Å². The summed E-state index contributed by atoms with van der Waals surface area (Å²) in [5, 5.41) is 0. The second kappa shape index (κ2) is 11.2. The van der Waals surface area contributed by atoms with Crippen LogP contribution in [0.5, 0.6) is 0 Å². The average Bonchev–Trinajstić information content (AvgIpc) is 3.21. The summed E-state index contributed by atoms with van der Waals surface area (Å²) in [5.74, 6) is -0.419. The zero-order valence-electron chi connectivity index (χ0n) is 21.6. The number of ether oxygens (including phenoxy) is 1. The van der Waals surface area contributed by atoms with Crippen LogP contribution in [0.4, 0.5) is 4.79 Å². The molecule has 0 N–H and O–H groups in total. The fourth-order valence-corrected chi connectivity index (χ4v) is 6.96. The maximum absolute atomic E-state index is 13.1. The van der Waals surface area contributed by atoms with E-state index in [9.17, 15) is 18.0 Å². The molecule has 0 atom stereocenters. The van der Waals surface area contributed by atoms with Gasteiger partial charge in [0.05, 0.1) is 21.7 Å². The average molecular weight is 545 g/mol. The van der Waals surface area contributed by atoms with E-state index in [1.54, 1.807) is 6.92 Å². The third-order valence-corrected chi connectivity index (χ3v) is 9.40. The van der Waals surface area contributed by atoms with Crippen molar-refractivity contribution in [2.45, 2.75) is 45.6 Å². The van der Waals surface area contributed by atoms with Gasteiger partial charge in [0.25, 0.3) is 5.91 Å². The predicted molar refractivity (Wildman–Crippen MR) is 143 cm³/mol. The van der Waals surface area contributed by atoms with Crippen LogP contribution in [0.25, 0.3) is 10.2 Å². The van der Waals surface area contributed by atoms with Gasteiger partial charge in [-0.3, -0.25) is 4.79 Å². The first-order chi connectivity index (χ1) is 17.6. The Balaban J connectivity index is 1.55. The number of piperazine rings is 1. The first-order valence-electron chi connectivity index (χ1n) is 12.4. The zero-order chi connectivity index (χ0) is 26.7. The molecule has 4 rings (SSSR count). The molecule has 11 heteroatoms. The van der Waals surface area contributed by atoms with Crippen molar-refractivity contribution < 1.29 is 22.7 Å². The van der Waals surface area contributed by atoms with Crippen LogP contribution < -0.4 is 4.80 Å². The number of benzene rings is 2. The third-order valence-electron chi connectivity index (χ3n) is 6.26. The van der Waals surface area contributed by atoms with Crippen LogP contribution >= 0.6 is 11.3 Å². The van der Waals surface area contributed by atoms with Gasteiger partial charge in [0, 0.05) is 38.3 Å². The first-order valence-corrected chi connectivity index (χ1v) is 14.6. The van der Waals surface area contributed by atoms with E-state index in [1.165, 1.54) is 44.8 Å². The Morgan fingerprint density at radius 3 is 2.32 bits per heavy atom. The van der Waals surface area contributed by atoms with E-state index in [1.807, 2.05) is 0 Å². The highest BCUT2D eigenvalue weighted by atomic mass is 32.2. The molecule has 2 aromatic carbocycles. The van der Waals surface area contributed by atoms with Crippen LogP contribution in [0.2, 0.25) is 0 Å². The molecule has 2 amide bonds. The van der Waals surface area contributed by atoms with Gasteiger partial charge >= 0.3 is 6.09 Å². The Morgan fingerprint density at radius 2 is 1.70 bits per heavy atom. The molecular weight excluding hydrogens is 512 g/mol. The van der Waals surface area contributed by atoms with E-state index >= 15 is 0 Å². The maximum atomic E-state index is 13.1. The number of carbonyl (C=O) groups is 2. The lowest BCUT2D eigenvalue weighted by Gasteiger charge is -2.33. The van der Waals surface area contributed by atoms with Crippen LogP contribution in [-0.4, -0.2) is 67.0 Å². The molecule has 0 bridgehead atoms. The topological polar surface area (TPSA) is 101 Å². The lowest BCUT2D eigenvalue weighted by Crippen LogP contribution is -2.50. The molecular formula is C26H32N4O5S2. The number of hydrogen-bond donors (Lipinski definition) is 0. The molecule has 198 valence electrons. The monoisotopic (exact) mass is 544 g/mol. The summed E-state index contributed by atoms with van der Waals surface area (Å²) >= 11 is 1.49. The second-order valence-corrected chi connectivity index (χ2v) is 11.9. The number of sulfonamides is 1. The normalized spacial score (nSPS) is 15.4. The SMILES string of the molecule is CCCn1c(=NC(=O)c2ccc(S(=O)(=O)N3CCN(C(=O)OCC)CC3)cc2)sc2c(C)cc(C)cc21. The van der Waals surface area contributed by atoms with Crippen LogP contribution in [0.3, 0.4) is 0 Å². The van der Waals surface area contributed by atoms with Crippen molar-refractivity contribution in [3.8, 4) is 0 Å². The summed E-state index contributed by atoms with van der Waals surface area (Å²) < 4.78 is 35.8. The van der Waals surface area contributed by atoms with Gasteiger partial charge in [-0.05, 0) is 68.7 Å². The van der Waals surface area contributed by atoms with E-state index in [0.29, 0.717) is 10.4 Å². The molecule has 1 aromatic heterocycles. The molecule has 0 aliphatic carbocycles. The van der Waals surface area contributed by atoms with Crippen LogP contribution in [0.1, 0.15) is 41.8 Å². The summed E-state index contributed by atoms with van der Waals surface area (Å²) in [6.45, 7) is 9.83. The lowest BCUT2D eigenvalue weighted by molar-refractivity contribution is 0.0933. The number of fused-ring (bicyclic) bond motifs is 1. The van der Waals surface area contributed by atoms with Crippen molar-refractivity contribution in [3.63, 3.8) is 0 Å². The van der Waals surface area contributed by atoms with Crippen molar-refractivity contribution in [1.82, 2.24) is 13.8 Å². The van der Waals surface area contributed by atoms with Crippen molar-refractivity contribution in [2.24, 2.45) is 4.99 Å². The minimum absolute atomic E-state index is 0.0997. The fraction of sp³-hybridized carbons (Fsp3) is 0.423. The summed E-state index contributed by atoms with van der Waals surface area (Å²) in [5.41, 5.74) is 3.70. The smallest absolute Gasteiger partial charge is 0.409 e. The second-order valence-electron chi connectivity index (χ2n) is 9.00. The molecule has 9 nitrogen and oxygen atoms in total. The van der Waals surface area contributed by atoms with Gasteiger partial charge in [-0.1, -0.05) is 24.3 Å². The van der Waals surface area contributed by atoms with E-state index in [4.69, 9.17) is 4.74 Å². The van der Waals surface area contributed by atoms with Gasteiger partial charge in [0.1, 0.15) is 0 Å². The Morgan fingerprint density at radius 1 is 1.03 bits per heavy atom. The van der Waals surface area contributed by atoms with Gasteiger partial charge in [-0.2, -0.15) is 9.30 Å². The zero-order valence-corrected chi connectivity index (χ0v) is 23.2. The highest BCUT2D eigenvalue weighted by molar-refractivity contribution is 7.89. The Kier molecular flexibility index (Phi) is 8.15. The highest BCUT2D eigenvalue weighted by Crippen LogP contribution is 2.24. The van der Waals surface area contributed by atoms with E-state index in [0.717, 1.165) is 34.3 Å². The third kappa shape index (κ3) is 5.63. The lowest BCUT2D eigenvalue weighted by atomic mass is 10.1. The van der Waals surface area contributed by atoms with E-state index in [-0.39, 0.29) is 37.7 Å². The highest BCUT2D eigenvalue weighted by Gasteiger charge is 2.30. The van der Waals surface area contributed by atoms with Crippen LogP contribution in [-0.2, 0) is 21.3 Å². The molecule has 1 saturated heterocycles.